The third kappa shape index (κ3) is 3.69. The van der Waals surface area contributed by atoms with E-state index in [1.807, 2.05) is 32.0 Å². The van der Waals surface area contributed by atoms with Crippen LogP contribution < -0.4 is 4.72 Å². The molecule has 0 atom stereocenters. The van der Waals surface area contributed by atoms with Crippen LogP contribution in [0.5, 0.6) is 0 Å². The van der Waals surface area contributed by atoms with Gasteiger partial charge in [-0.1, -0.05) is 12.1 Å². The Morgan fingerprint density at radius 3 is 2.48 bits per heavy atom. The largest absolute Gasteiger partial charge is 0.338 e. The molecule has 6 heteroatoms. The van der Waals surface area contributed by atoms with Gasteiger partial charge < -0.3 is 4.90 Å². The van der Waals surface area contributed by atoms with Crippen LogP contribution in [-0.4, -0.2) is 25.8 Å². The lowest BCUT2D eigenvalue weighted by Gasteiger charge is -2.28. The van der Waals surface area contributed by atoms with Crippen molar-refractivity contribution in [1.82, 2.24) is 4.90 Å². The third-order valence-corrected chi connectivity index (χ3v) is 6.08. The molecule has 1 heterocycles. The normalized spacial score (nSPS) is 14.1. The second kappa shape index (κ2) is 6.52. The lowest BCUT2D eigenvalue weighted by atomic mass is 9.99. The van der Waals surface area contributed by atoms with Gasteiger partial charge in [-0.2, -0.15) is 0 Å². The summed E-state index contributed by atoms with van der Waals surface area (Å²) in [7, 11) is -3.64. The number of aryl methyl sites for hydroxylation is 2. The summed E-state index contributed by atoms with van der Waals surface area (Å²) in [5.41, 5.74) is 4.65. The maximum atomic E-state index is 12.6. The number of fused-ring (bicyclic) bond motifs is 1. The second-order valence-corrected chi connectivity index (χ2v) is 8.21. The van der Waals surface area contributed by atoms with E-state index in [1.165, 1.54) is 0 Å². The van der Waals surface area contributed by atoms with Crippen LogP contribution in [0, 0.1) is 13.8 Å². The van der Waals surface area contributed by atoms with E-state index in [0.29, 0.717) is 18.8 Å². The number of amides is 1. The van der Waals surface area contributed by atoms with Gasteiger partial charge in [0.2, 0.25) is 5.91 Å². The number of carbonyl (C=O) groups is 1. The van der Waals surface area contributed by atoms with Gasteiger partial charge in [-0.05, 0) is 66.8 Å². The maximum absolute atomic E-state index is 12.6. The summed E-state index contributed by atoms with van der Waals surface area (Å²) in [6.45, 7) is 6.62. The minimum atomic E-state index is -3.64. The Kier molecular flexibility index (Phi) is 4.56. The summed E-state index contributed by atoms with van der Waals surface area (Å²) in [6.07, 6.45) is 0.791. The SMILES string of the molecule is CC(=O)N1CCc2ccc(NS(=O)(=O)c3ccc(C)c(C)c3)cc2C1. The number of rotatable bonds is 3. The Labute approximate surface area is 148 Å². The lowest BCUT2D eigenvalue weighted by molar-refractivity contribution is -0.129. The molecule has 2 aromatic carbocycles. The minimum Gasteiger partial charge on any atom is -0.338 e. The predicted octanol–water partition coefficient (Wildman–Crippen LogP) is 3.01. The molecule has 1 aliphatic heterocycles. The Morgan fingerprint density at radius 2 is 1.80 bits per heavy atom. The number of anilines is 1. The number of hydrogen-bond acceptors (Lipinski definition) is 3. The van der Waals surface area contributed by atoms with E-state index >= 15 is 0 Å². The van der Waals surface area contributed by atoms with Gasteiger partial charge in [0.15, 0.2) is 0 Å². The fraction of sp³-hybridized carbons (Fsp3) is 0.316. The van der Waals surface area contributed by atoms with Crippen molar-refractivity contribution in [2.45, 2.75) is 38.6 Å². The number of nitrogens with one attached hydrogen (secondary N) is 1. The first-order valence-corrected chi connectivity index (χ1v) is 9.72. The summed E-state index contributed by atoms with van der Waals surface area (Å²) in [5.74, 6) is 0.0340. The van der Waals surface area contributed by atoms with E-state index < -0.39 is 10.0 Å². The Morgan fingerprint density at radius 1 is 1.04 bits per heavy atom. The first-order chi connectivity index (χ1) is 11.8. The van der Waals surface area contributed by atoms with Crippen LogP contribution in [0.2, 0.25) is 0 Å². The van der Waals surface area contributed by atoms with Gasteiger partial charge in [0.1, 0.15) is 0 Å². The van der Waals surface area contributed by atoms with Crippen LogP contribution >= 0.6 is 0 Å². The predicted molar refractivity (Wildman–Crippen MR) is 98.0 cm³/mol. The van der Waals surface area contributed by atoms with Gasteiger partial charge in [-0.25, -0.2) is 8.42 Å². The highest BCUT2D eigenvalue weighted by molar-refractivity contribution is 7.92. The molecule has 0 bridgehead atoms. The highest BCUT2D eigenvalue weighted by Crippen LogP contribution is 2.25. The maximum Gasteiger partial charge on any atom is 0.261 e. The number of nitrogens with zero attached hydrogens (tertiary/aromatic N) is 1. The number of carbonyl (C=O) groups excluding carboxylic acids is 1. The Balaban J connectivity index is 1.87. The highest BCUT2D eigenvalue weighted by atomic mass is 32.2. The van der Waals surface area contributed by atoms with Crippen LogP contribution in [-0.2, 0) is 27.8 Å². The summed E-state index contributed by atoms with van der Waals surface area (Å²) in [4.78, 5) is 13.6. The van der Waals surface area contributed by atoms with Crippen molar-refractivity contribution in [3.8, 4) is 0 Å². The molecule has 0 unspecified atom stereocenters. The number of sulfonamides is 1. The topological polar surface area (TPSA) is 66.5 Å². The van der Waals surface area contributed by atoms with E-state index in [1.54, 1.807) is 30.0 Å². The second-order valence-electron chi connectivity index (χ2n) is 6.53. The van der Waals surface area contributed by atoms with Crippen molar-refractivity contribution < 1.29 is 13.2 Å². The molecule has 0 aromatic heterocycles. The smallest absolute Gasteiger partial charge is 0.261 e. The molecule has 25 heavy (non-hydrogen) atoms. The van der Waals surface area contributed by atoms with Gasteiger partial charge >= 0.3 is 0 Å². The fourth-order valence-corrected chi connectivity index (χ4v) is 4.12. The van der Waals surface area contributed by atoms with Gasteiger partial charge in [0.05, 0.1) is 4.90 Å². The van der Waals surface area contributed by atoms with Gasteiger partial charge in [0.25, 0.3) is 10.0 Å². The lowest BCUT2D eigenvalue weighted by Crippen LogP contribution is -2.34. The summed E-state index contributed by atoms with van der Waals surface area (Å²) >= 11 is 0. The molecular formula is C19H22N2O3S. The van der Waals surface area contributed by atoms with Crippen LogP contribution in [0.3, 0.4) is 0 Å². The van der Waals surface area contributed by atoms with Gasteiger partial charge in [-0.15, -0.1) is 0 Å². The van der Waals surface area contributed by atoms with Crippen molar-refractivity contribution in [2.24, 2.45) is 0 Å². The molecule has 0 radical (unpaired) electrons. The standard InChI is InChI=1S/C19H22N2O3S/c1-13-4-7-19(10-14(13)2)25(23,24)20-18-6-5-16-8-9-21(15(3)22)12-17(16)11-18/h4-7,10-11,20H,8-9,12H2,1-3H3. The fourth-order valence-electron chi connectivity index (χ4n) is 2.98. The molecular weight excluding hydrogens is 336 g/mol. The summed E-state index contributed by atoms with van der Waals surface area (Å²) in [6, 6.07) is 10.6. The van der Waals surface area contributed by atoms with Crippen molar-refractivity contribution in [3.05, 3.63) is 58.7 Å². The molecule has 5 nitrogen and oxygen atoms in total. The first kappa shape index (κ1) is 17.5. The molecule has 0 spiro atoms. The minimum absolute atomic E-state index is 0.0340. The number of benzene rings is 2. The molecule has 2 aromatic rings. The van der Waals surface area contributed by atoms with Crippen molar-refractivity contribution >= 4 is 21.6 Å². The zero-order chi connectivity index (χ0) is 18.2. The zero-order valence-corrected chi connectivity index (χ0v) is 15.5. The van der Waals surface area contributed by atoms with E-state index in [9.17, 15) is 13.2 Å². The quantitative estimate of drug-likeness (QED) is 0.917. The molecule has 1 aliphatic rings. The van der Waals surface area contributed by atoms with Gasteiger partial charge in [-0.3, -0.25) is 9.52 Å². The van der Waals surface area contributed by atoms with Crippen molar-refractivity contribution in [2.75, 3.05) is 11.3 Å². The monoisotopic (exact) mass is 358 g/mol. The van der Waals surface area contributed by atoms with Crippen LogP contribution in [0.1, 0.15) is 29.2 Å². The Hall–Kier alpha value is -2.34. The van der Waals surface area contributed by atoms with E-state index in [2.05, 4.69) is 4.72 Å². The molecule has 0 saturated carbocycles. The van der Waals surface area contributed by atoms with Gasteiger partial charge in [0, 0.05) is 25.7 Å². The average Bonchev–Trinajstić information content (AvgIpc) is 2.56. The van der Waals surface area contributed by atoms with Crippen LogP contribution in [0.25, 0.3) is 0 Å². The molecule has 1 N–H and O–H groups in total. The molecule has 1 amide bonds. The van der Waals surface area contributed by atoms with E-state index in [0.717, 1.165) is 28.7 Å². The summed E-state index contributed by atoms with van der Waals surface area (Å²) in [5, 5.41) is 0. The van der Waals surface area contributed by atoms with Crippen molar-refractivity contribution in [3.63, 3.8) is 0 Å². The van der Waals surface area contributed by atoms with Crippen LogP contribution in [0.4, 0.5) is 5.69 Å². The molecule has 0 aliphatic carbocycles. The third-order valence-electron chi connectivity index (χ3n) is 4.70. The zero-order valence-electron chi connectivity index (χ0n) is 14.7. The Bertz CT molecular complexity index is 936. The number of hydrogen-bond donors (Lipinski definition) is 1. The van der Waals surface area contributed by atoms with Crippen LogP contribution in [0.15, 0.2) is 41.3 Å². The first-order valence-electron chi connectivity index (χ1n) is 8.23. The van der Waals surface area contributed by atoms with E-state index in [-0.39, 0.29) is 10.8 Å². The van der Waals surface area contributed by atoms with Crippen molar-refractivity contribution in [1.29, 1.82) is 0 Å². The molecule has 0 fully saturated rings. The molecule has 3 rings (SSSR count). The highest BCUT2D eigenvalue weighted by Gasteiger charge is 2.20. The van der Waals surface area contributed by atoms with E-state index in [4.69, 9.17) is 0 Å². The summed E-state index contributed by atoms with van der Waals surface area (Å²) < 4.78 is 27.9. The molecule has 132 valence electrons. The average molecular weight is 358 g/mol. The molecule has 0 saturated heterocycles.